The minimum absolute atomic E-state index is 0. The summed E-state index contributed by atoms with van der Waals surface area (Å²) in [5.74, 6) is 0.903. The smallest absolute Gasteiger partial charge is 0.714 e. The van der Waals surface area contributed by atoms with E-state index in [0.29, 0.717) is 34.8 Å². The number of oxime groups is 1. The standard InChI is InChI=1S/C16H16ClN3O4S.K/c17-12-7-6-11-13(19-24-25(21,22)23)8-9-20-15(11)14(12)18-16(20)10-4-2-1-3-5-10;/h4,6-7H,1-3,5,8-9H2,(H,21,22,23);/q;+1/p-1/b19-13-;. The van der Waals surface area contributed by atoms with Crippen LogP contribution in [0.5, 0.6) is 0 Å². The molecule has 0 N–H and O–H groups in total. The van der Waals surface area contributed by atoms with Crippen molar-refractivity contribution in [1.82, 2.24) is 9.55 Å². The van der Waals surface area contributed by atoms with E-state index in [2.05, 4.69) is 20.1 Å². The molecule has 2 aliphatic rings. The molecule has 0 fully saturated rings. The first-order valence-corrected chi connectivity index (χ1v) is 9.75. The Hall–Kier alpha value is -0.264. The Morgan fingerprint density at radius 1 is 1.27 bits per heavy atom. The second-order valence-corrected chi connectivity index (χ2v) is 7.50. The zero-order valence-electron chi connectivity index (χ0n) is 14.2. The maximum absolute atomic E-state index is 10.7. The van der Waals surface area contributed by atoms with Crippen LogP contribution in [0.4, 0.5) is 0 Å². The Morgan fingerprint density at radius 3 is 2.77 bits per heavy atom. The number of aromatic nitrogens is 2. The van der Waals surface area contributed by atoms with E-state index in [0.717, 1.165) is 30.6 Å². The predicted molar refractivity (Wildman–Crippen MR) is 93.1 cm³/mol. The fourth-order valence-electron chi connectivity index (χ4n) is 3.48. The van der Waals surface area contributed by atoms with Crippen molar-refractivity contribution >= 4 is 44.3 Å². The fraction of sp³-hybridized carbons (Fsp3) is 0.375. The quantitative estimate of drug-likeness (QED) is 0.307. The molecule has 4 rings (SSSR count). The summed E-state index contributed by atoms with van der Waals surface area (Å²) in [4.78, 5) is 4.74. The molecule has 0 spiro atoms. The Kier molecular flexibility index (Phi) is 6.30. The molecule has 0 bridgehead atoms. The van der Waals surface area contributed by atoms with Gasteiger partial charge < -0.3 is 9.12 Å². The molecule has 2 heterocycles. The van der Waals surface area contributed by atoms with Gasteiger partial charge in [0.05, 0.1) is 16.3 Å². The van der Waals surface area contributed by atoms with E-state index in [4.69, 9.17) is 16.6 Å². The van der Waals surface area contributed by atoms with Gasteiger partial charge in [0, 0.05) is 18.5 Å². The SMILES string of the molecule is O=S(=O)([O-])O/N=C1/CCn2c(C3=CCCCC3)nc3c(Cl)ccc1c32.[K+]. The third-order valence-corrected chi connectivity index (χ3v) is 5.11. The van der Waals surface area contributed by atoms with Gasteiger partial charge in [0.25, 0.3) is 10.4 Å². The van der Waals surface area contributed by atoms with Crippen LogP contribution in [0.15, 0.2) is 23.4 Å². The maximum Gasteiger partial charge on any atom is 1.00 e. The molecule has 0 atom stereocenters. The van der Waals surface area contributed by atoms with Gasteiger partial charge in [-0.1, -0.05) is 22.8 Å². The Balaban J connectivity index is 0.00000196. The largest absolute Gasteiger partial charge is 1.00 e. The van der Waals surface area contributed by atoms with Crippen molar-refractivity contribution in [2.75, 3.05) is 0 Å². The van der Waals surface area contributed by atoms with E-state index in [9.17, 15) is 13.0 Å². The third-order valence-electron chi connectivity index (χ3n) is 4.55. The number of hydrogen-bond acceptors (Lipinski definition) is 6. The van der Waals surface area contributed by atoms with E-state index in [1.165, 1.54) is 12.0 Å². The van der Waals surface area contributed by atoms with Crippen LogP contribution in [0.2, 0.25) is 5.02 Å². The van der Waals surface area contributed by atoms with E-state index < -0.39 is 10.4 Å². The van der Waals surface area contributed by atoms with Crippen LogP contribution < -0.4 is 51.4 Å². The minimum Gasteiger partial charge on any atom is -0.714 e. The first kappa shape index (κ1) is 20.5. The van der Waals surface area contributed by atoms with Gasteiger partial charge in [0.2, 0.25) is 0 Å². The van der Waals surface area contributed by atoms with Crippen LogP contribution in [-0.4, -0.2) is 28.2 Å². The number of imidazole rings is 1. The van der Waals surface area contributed by atoms with Crippen molar-refractivity contribution in [1.29, 1.82) is 0 Å². The van der Waals surface area contributed by atoms with E-state index in [1.54, 1.807) is 12.1 Å². The molecule has 0 amide bonds. The summed E-state index contributed by atoms with van der Waals surface area (Å²) in [7, 11) is -4.89. The van der Waals surface area contributed by atoms with Crippen LogP contribution in [0.3, 0.4) is 0 Å². The molecule has 2 aromatic rings. The normalized spacial score (nSPS) is 18.5. The predicted octanol–water partition coefficient (Wildman–Crippen LogP) is 0.236. The van der Waals surface area contributed by atoms with Crippen LogP contribution >= 0.6 is 11.6 Å². The molecule has 0 radical (unpaired) electrons. The number of nitrogens with zero attached hydrogens (tertiary/aromatic N) is 3. The van der Waals surface area contributed by atoms with Crippen LogP contribution in [0.25, 0.3) is 16.6 Å². The number of halogens is 1. The molecule has 0 saturated carbocycles. The third kappa shape index (κ3) is 3.95. The van der Waals surface area contributed by atoms with Crippen LogP contribution in [-0.2, 0) is 21.2 Å². The van der Waals surface area contributed by atoms with Crippen molar-refractivity contribution in [2.24, 2.45) is 5.16 Å². The Labute approximate surface area is 198 Å². The van der Waals surface area contributed by atoms with Crippen molar-refractivity contribution in [2.45, 2.75) is 38.6 Å². The zero-order chi connectivity index (χ0) is 17.6. The van der Waals surface area contributed by atoms with Crippen molar-refractivity contribution in [3.05, 3.63) is 34.6 Å². The minimum atomic E-state index is -4.89. The molecule has 132 valence electrons. The summed E-state index contributed by atoms with van der Waals surface area (Å²) in [5, 5.41) is 4.07. The molecule has 1 aliphatic carbocycles. The van der Waals surface area contributed by atoms with Crippen molar-refractivity contribution in [3.8, 4) is 0 Å². The first-order valence-electron chi connectivity index (χ1n) is 8.04. The molecule has 0 saturated heterocycles. The molecule has 1 aromatic heterocycles. The van der Waals surface area contributed by atoms with Gasteiger partial charge >= 0.3 is 51.4 Å². The van der Waals surface area contributed by atoms with E-state index >= 15 is 0 Å². The number of rotatable bonds is 3. The van der Waals surface area contributed by atoms with Gasteiger partial charge in [0.1, 0.15) is 11.3 Å². The van der Waals surface area contributed by atoms with Crippen LogP contribution in [0.1, 0.15) is 43.5 Å². The monoisotopic (exact) mass is 419 g/mol. The topological polar surface area (TPSA) is 96.6 Å². The molecule has 7 nitrogen and oxygen atoms in total. The summed E-state index contributed by atoms with van der Waals surface area (Å²) in [6, 6.07) is 3.45. The number of aryl methyl sites for hydroxylation is 1. The van der Waals surface area contributed by atoms with Gasteiger partial charge in [-0.2, -0.15) is 8.42 Å². The average molecular weight is 420 g/mol. The summed E-state index contributed by atoms with van der Waals surface area (Å²) in [6.45, 7) is 0.567. The molecule has 1 aliphatic heterocycles. The number of allylic oxidation sites excluding steroid dienone is 2. The molecule has 10 heteroatoms. The summed E-state index contributed by atoms with van der Waals surface area (Å²) >= 11 is 6.32. The zero-order valence-corrected chi connectivity index (χ0v) is 18.9. The number of hydrogen-bond donors (Lipinski definition) is 0. The summed E-state index contributed by atoms with van der Waals surface area (Å²) in [6.07, 6.45) is 7.01. The van der Waals surface area contributed by atoms with Gasteiger partial charge in [-0.15, -0.1) is 0 Å². The second kappa shape index (κ2) is 8.00. The van der Waals surface area contributed by atoms with Gasteiger partial charge in [-0.05, 0) is 43.4 Å². The molecule has 0 unspecified atom stereocenters. The average Bonchev–Trinajstić information content (AvgIpc) is 2.98. The molecular formula is C16H15ClKN3O4S. The summed E-state index contributed by atoms with van der Waals surface area (Å²) < 4.78 is 38.3. The van der Waals surface area contributed by atoms with Gasteiger partial charge in [0.15, 0.2) is 0 Å². The van der Waals surface area contributed by atoms with Gasteiger partial charge in [-0.25, -0.2) is 4.98 Å². The number of benzene rings is 1. The van der Waals surface area contributed by atoms with Crippen molar-refractivity contribution < 1.29 is 68.6 Å². The van der Waals surface area contributed by atoms with Gasteiger partial charge in [-0.3, -0.25) is 4.28 Å². The van der Waals surface area contributed by atoms with E-state index in [1.807, 2.05) is 0 Å². The van der Waals surface area contributed by atoms with Crippen LogP contribution in [0, 0.1) is 0 Å². The van der Waals surface area contributed by atoms with Crippen molar-refractivity contribution in [3.63, 3.8) is 0 Å². The second-order valence-electron chi connectivity index (χ2n) is 6.13. The maximum atomic E-state index is 10.7. The first-order chi connectivity index (χ1) is 11.9. The summed E-state index contributed by atoms with van der Waals surface area (Å²) in [5.41, 5.74) is 3.74. The Bertz CT molecular complexity index is 1030. The Morgan fingerprint density at radius 2 is 2.08 bits per heavy atom. The molecule has 1 aromatic carbocycles. The fourth-order valence-corrected chi connectivity index (χ4v) is 3.86. The molecule has 26 heavy (non-hydrogen) atoms. The van der Waals surface area contributed by atoms with E-state index in [-0.39, 0.29) is 51.4 Å². The molecular weight excluding hydrogens is 405 g/mol.